The van der Waals surface area contributed by atoms with Crippen LogP contribution in [0, 0.1) is 0 Å². The average Bonchev–Trinajstić information content (AvgIpc) is 3.01. The third-order valence-corrected chi connectivity index (χ3v) is 4.65. The van der Waals surface area contributed by atoms with E-state index in [0.29, 0.717) is 10.6 Å². The molecule has 0 saturated heterocycles. The van der Waals surface area contributed by atoms with Gasteiger partial charge in [0, 0.05) is 30.4 Å². The van der Waals surface area contributed by atoms with E-state index in [-0.39, 0.29) is 25.0 Å². The molecule has 8 nitrogen and oxygen atoms in total. The van der Waals surface area contributed by atoms with Gasteiger partial charge in [-0.05, 0) is 38.1 Å². The Morgan fingerprint density at radius 1 is 1.24 bits per heavy atom. The maximum Gasteiger partial charge on any atom is 0.277 e. The van der Waals surface area contributed by atoms with Crippen LogP contribution < -0.4 is 14.8 Å². The number of carbonyl (C=O) groups excluding carboxylic acids is 1. The van der Waals surface area contributed by atoms with Crippen molar-refractivity contribution in [2.75, 3.05) is 13.1 Å². The highest BCUT2D eigenvalue weighted by molar-refractivity contribution is 7.87. The lowest BCUT2D eigenvalue weighted by molar-refractivity contribution is 0.0954. The Hall–Kier alpha value is -1.94. The number of halogens is 1. The molecule has 0 bridgehead atoms. The van der Waals surface area contributed by atoms with Gasteiger partial charge in [-0.15, -0.1) is 0 Å². The molecule has 2 rings (SSSR count). The summed E-state index contributed by atoms with van der Waals surface area (Å²) in [6.07, 6.45) is 3.03. The van der Waals surface area contributed by atoms with Crippen molar-refractivity contribution in [1.29, 1.82) is 0 Å². The van der Waals surface area contributed by atoms with E-state index in [4.69, 9.17) is 11.6 Å². The summed E-state index contributed by atoms with van der Waals surface area (Å²) in [6.45, 7) is 3.68. The molecule has 0 atom stereocenters. The third kappa shape index (κ3) is 6.13. The monoisotopic (exact) mass is 385 g/mol. The van der Waals surface area contributed by atoms with Crippen LogP contribution >= 0.6 is 11.6 Å². The minimum absolute atomic E-state index is 0.0825. The maximum atomic E-state index is 12.1. The largest absolute Gasteiger partial charge is 0.351 e. The van der Waals surface area contributed by atoms with Gasteiger partial charge < -0.3 is 5.32 Å². The van der Waals surface area contributed by atoms with Gasteiger partial charge in [-0.3, -0.25) is 4.79 Å². The summed E-state index contributed by atoms with van der Waals surface area (Å²) in [5.41, 5.74) is 1.15. The highest BCUT2D eigenvalue weighted by Crippen LogP contribution is 2.13. The van der Waals surface area contributed by atoms with E-state index in [1.165, 1.54) is 6.20 Å². The van der Waals surface area contributed by atoms with Crippen molar-refractivity contribution in [3.63, 3.8) is 0 Å². The lowest BCUT2D eigenvalue weighted by Gasteiger charge is -2.10. The van der Waals surface area contributed by atoms with E-state index in [2.05, 4.69) is 19.9 Å². The van der Waals surface area contributed by atoms with Crippen LogP contribution in [0.1, 0.15) is 24.2 Å². The molecule has 1 aromatic heterocycles. The summed E-state index contributed by atoms with van der Waals surface area (Å²) in [6, 6.07) is 6.83. The lowest BCUT2D eigenvalue weighted by atomic mass is 10.3. The number of aromatic nitrogens is 2. The fourth-order valence-electron chi connectivity index (χ4n) is 1.99. The van der Waals surface area contributed by atoms with Crippen molar-refractivity contribution in [1.82, 2.24) is 24.5 Å². The van der Waals surface area contributed by atoms with Gasteiger partial charge in [-0.1, -0.05) is 11.6 Å². The van der Waals surface area contributed by atoms with Crippen LogP contribution in [0.3, 0.4) is 0 Å². The van der Waals surface area contributed by atoms with Gasteiger partial charge in [0.2, 0.25) is 0 Å². The van der Waals surface area contributed by atoms with Gasteiger partial charge in [0.25, 0.3) is 16.1 Å². The molecule has 25 heavy (non-hydrogen) atoms. The van der Waals surface area contributed by atoms with Crippen molar-refractivity contribution in [2.24, 2.45) is 0 Å². The summed E-state index contributed by atoms with van der Waals surface area (Å²) >= 11 is 5.84. The van der Waals surface area contributed by atoms with Crippen molar-refractivity contribution in [2.45, 2.75) is 19.9 Å². The topological polar surface area (TPSA) is 105 Å². The fourth-order valence-corrected chi connectivity index (χ4v) is 3.19. The zero-order chi connectivity index (χ0) is 18.4. The average molecular weight is 386 g/mol. The summed E-state index contributed by atoms with van der Waals surface area (Å²) in [7, 11) is -3.56. The van der Waals surface area contributed by atoms with Gasteiger partial charge in [0.05, 0.1) is 17.4 Å². The van der Waals surface area contributed by atoms with Crippen LogP contribution in [-0.2, 0) is 10.2 Å². The number of rotatable bonds is 8. The van der Waals surface area contributed by atoms with Crippen LogP contribution in [0.15, 0.2) is 36.7 Å². The van der Waals surface area contributed by atoms with Crippen LogP contribution in [0.25, 0.3) is 5.69 Å². The van der Waals surface area contributed by atoms with E-state index < -0.39 is 10.2 Å². The Kier molecular flexibility index (Phi) is 6.54. The zero-order valence-corrected chi connectivity index (χ0v) is 15.4. The Morgan fingerprint density at radius 2 is 1.92 bits per heavy atom. The molecular weight excluding hydrogens is 366 g/mol. The molecule has 0 aliphatic heterocycles. The molecule has 1 heterocycles. The molecule has 0 saturated carbocycles. The van der Waals surface area contributed by atoms with E-state index in [1.807, 2.05) is 0 Å². The highest BCUT2D eigenvalue weighted by Gasteiger charge is 2.12. The first-order chi connectivity index (χ1) is 11.8. The van der Waals surface area contributed by atoms with E-state index in [0.717, 1.165) is 5.69 Å². The standard InChI is InChI=1S/C15H20ClN5O3S/c1-11(2)20-25(23,24)19-8-7-17-15(22)12-9-18-21(10-12)14-5-3-13(16)4-6-14/h3-6,9-11,19-20H,7-8H2,1-2H3,(H,17,22). The molecule has 0 fully saturated rings. The van der Waals surface area contributed by atoms with E-state index >= 15 is 0 Å². The molecule has 0 aliphatic carbocycles. The number of amides is 1. The first-order valence-electron chi connectivity index (χ1n) is 7.62. The summed E-state index contributed by atoms with van der Waals surface area (Å²) in [4.78, 5) is 12.1. The highest BCUT2D eigenvalue weighted by atomic mass is 35.5. The molecule has 3 N–H and O–H groups in total. The Balaban J connectivity index is 1.85. The van der Waals surface area contributed by atoms with Gasteiger partial charge in [-0.25, -0.2) is 9.40 Å². The molecule has 0 spiro atoms. The Labute approximate surface area is 151 Å². The van der Waals surface area contributed by atoms with Crippen LogP contribution in [0.5, 0.6) is 0 Å². The van der Waals surface area contributed by atoms with Crippen molar-refractivity contribution in [3.05, 3.63) is 47.2 Å². The maximum absolute atomic E-state index is 12.1. The Bertz CT molecular complexity index is 818. The van der Waals surface area contributed by atoms with Crippen LogP contribution in [0.2, 0.25) is 5.02 Å². The number of benzene rings is 1. The van der Waals surface area contributed by atoms with Gasteiger partial charge in [0.1, 0.15) is 0 Å². The van der Waals surface area contributed by atoms with Crippen LogP contribution in [0.4, 0.5) is 0 Å². The zero-order valence-electron chi connectivity index (χ0n) is 13.9. The summed E-state index contributed by atoms with van der Waals surface area (Å²) in [5, 5.41) is 7.37. The molecule has 0 aliphatic rings. The number of hydrogen-bond donors (Lipinski definition) is 3. The predicted molar refractivity (Wildman–Crippen MR) is 96.1 cm³/mol. The normalized spacial score (nSPS) is 11.7. The Morgan fingerprint density at radius 3 is 2.56 bits per heavy atom. The fraction of sp³-hybridized carbons (Fsp3) is 0.333. The van der Waals surface area contributed by atoms with Gasteiger partial charge in [0.15, 0.2) is 0 Å². The smallest absolute Gasteiger partial charge is 0.277 e. The molecule has 136 valence electrons. The second-order valence-corrected chi connectivity index (χ2v) is 7.54. The van der Waals surface area contributed by atoms with Gasteiger partial charge in [-0.2, -0.15) is 18.2 Å². The second-order valence-electron chi connectivity index (χ2n) is 5.58. The summed E-state index contributed by atoms with van der Waals surface area (Å²) < 4.78 is 29.5. The molecule has 0 radical (unpaired) electrons. The molecule has 10 heteroatoms. The SMILES string of the molecule is CC(C)NS(=O)(=O)NCCNC(=O)c1cnn(-c2ccc(Cl)cc2)c1. The van der Waals surface area contributed by atoms with Crippen molar-refractivity contribution < 1.29 is 13.2 Å². The number of nitrogens with one attached hydrogen (secondary N) is 3. The summed E-state index contributed by atoms with van der Waals surface area (Å²) in [5.74, 6) is -0.337. The number of carbonyl (C=O) groups is 1. The lowest BCUT2D eigenvalue weighted by Crippen LogP contribution is -2.43. The molecule has 0 unspecified atom stereocenters. The quantitative estimate of drug-likeness (QED) is 0.591. The van der Waals surface area contributed by atoms with E-state index in [9.17, 15) is 13.2 Å². The molecular formula is C15H20ClN5O3S. The van der Waals surface area contributed by atoms with Crippen molar-refractivity contribution in [3.8, 4) is 5.69 Å². The minimum Gasteiger partial charge on any atom is -0.351 e. The first-order valence-corrected chi connectivity index (χ1v) is 9.49. The third-order valence-electron chi connectivity index (χ3n) is 3.03. The molecule has 1 aromatic carbocycles. The van der Waals surface area contributed by atoms with E-state index in [1.54, 1.807) is 49.0 Å². The van der Waals surface area contributed by atoms with Crippen LogP contribution in [-0.4, -0.2) is 43.2 Å². The molecule has 1 amide bonds. The minimum atomic E-state index is -3.56. The first kappa shape index (κ1) is 19.4. The second kappa shape index (κ2) is 8.43. The van der Waals surface area contributed by atoms with Crippen molar-refractivity contribution >= 4 is 27.7 Å². The predicted octanol–water partition coefficient (Wildman–Crippen LogP) is 1.09. The van der Waals surface area contributed by atoms with Gasteiger partial charge >= 0.3 is 0 Å². The number of nitrogens with zero attached hydrogens (tertiary/aromatic N) is 2. The molecule has 2 aromatic rings. The number of hydrogen-bond acceptors (Lipinski definition) is 4.